The summed E-state index contributed by atoms with van der Waals surface area (Å²) in [5.74, 6) is 0.379. The molecule has 0 spiro atoms. The summed E-state index contributed by atoms with van der Waals surface area (Å²) in [6.45, 7) is 0. The molecule has 4 nitrogen and oxygen atoms in total. The zero-order valence-electron chi connectivity index (χ0n) is 11.5. The number of nitrogen functional groups attached to an aromatic ring is 1. The number of amides is 1. The van der Waals surface area contributed by atoms with Gasteiger partial charge < -0.3 is 15.8 Å². The number of hydrogen-bond donors (Lipinski definition) is 2. The molecule has 2 aromatic carbocycles. The average Bonchev–Trinajstić information content (AvgIpc) is 2.48. The Kier molecular flexibility index (Phi) is 4.85. The Bertz CT molecular complexity index is 666. The summed E-state index contributed by atoms with van der Waals surface area (Å²) in [6, 6.07) is 12.2. The van der Waals surface area contributed by atoms with E-state index in [1.165, 1.54) is 6.08 Å². The monoisotopic (exact) mass is 302 g/mol. The number of carbonyl (C=O) groups excluding carboxylic acids is 1. The summed E-state index contributed by atoms with van der Waals surface area (Å²) in [6.07, 6.45) is 3.12. The van der Waals surface area contributed by atoms with Gasteiger partial charge in [0.15, 0.2) is 0 Å². The van der Waals surface area contributed by atoms with Crippen LogP contribution in [0.2, 0.25) is 5.02 Å². The van der Waals surface area contributed by atoms with E-state index in [-0.39, 0.29) is 5.91 Å². The Morgan fingerprint density at radius 3 is 2.57 bits per heavy atom. The van der Waals surface area contributed by atoms with Gasteiger partial charge in [-0.25, -0.2) is 0 Å². The second-order valence-electron chi connectivity index (χ2n) is 4.33. The lowest BCUT2D eigenvalue weighted by molar-refractivity contribution is -0.111. The predicted octanol–water partition coefficient (Wildman–Crippen LogP) is 3.58. The van der Waals surface area contributed by atoms with E-state index in [1.807, 2.05) is 6.07 Å². The fourth-order valence-corrected chi connectivity index (χ4v) is 1.87. The summed E-state index contributed by atoms with van der Waals surface area (Å²) < 4.78 is 5.08. The largest absolute Gasteiger partial charge is 0.495 e. The van der Waals surface area contributed by atoms with Crippen molar-refractivity contribution in [3.8, 4) is 5.75 Å². The Morgan fingerprint density at radius 2 is 1.95 bits per heavy atom. The van der Waals surface area contributed by atoms with Crippen LogP contribution in [0, 0.1) is 0 Å². The molecule has 0 radical (unpaired) electrons. The highest BCUT2D eigenvalue weighted by molar-refractivity contribution is 6.30. The van der Waals surface area contributed by atoms with E-state index in [4.69, 9.17) is 22.1 Å². The van der Waals surface area contributed by atoms with E-state index >= 15 is 0 Å². The van der Waals surface area contributed by atoms with E-state index in [1.54, 1.807) is 49.6 Å². The molecule has 2 aromatic rings. The van der Waals surface area contributed by atoms with Gasteiger partial charge in [-0.15, -0.1) is 0 Å². The van der Waals surface area contributed by atoms with Crippen molar-refractivity contribution in [3.05, 3.63) is 59.1 Å². The molecule has 0 fully saturated rings. The minimum atomic E-state index is -0.230. The van der Waals surface area contributed by atoms with Gasteiger partial charge >= 0.3 is 0 Å². The molecule has 5 heteroatoms. The molecule has 0 saturated heterocycles. The third-order valence-corrected chi connectivity index (χ3v) is 3.04. The molecule has 0 atom stereocenters. The van der Waals surface area contributed by atoms with E-state index in [0.717, 1.165) is 5.56 Å². The van der Waals surface area contributed by atoms with Crippen LogP contribution in [0.3, 0.4) is 0 Å². The van der Waals surface area contributed by atoms with Crippen LogP contribution in [-0.2, 0) is 4.79 Å². The van der Waals surface area contributed by atoms with Gasteiger partial charge in [-0.1, -0.05) is 17.7 Å². The number of nitrogens with one attached hydrogen (secondary N) is 1. The van der Waals surface area contributed by atoms with Crippen molar-refractivity contribution in [1.82, 2.24) is 0 Å². The number of methoxy groups -OCH3 is 1. The lowest BCUT2D eigenvalue weighted by Crippen LogP contribution is -2.07. The van der Waals surface area contributed by atoms with Crippen molar-refractivity contribution in [2.75, 3.05) is 18.2 Å². The van der Waals surface area contributed by atoms with Gasteiger partial charge in [-0.2, -0.15) is 0 Å². The predicted molar refractivity (Wildman–Crippen MR) is 86.5 cm³/mol. The summed E-state index contributed by atoms with van der Waals surface area (Å²) in [5, 5.41) is 3.36. The molecule has 0 heterocycles. The number of ether oxygens (including phenoxy) is 1. The summed E-state index contributed by atoms with van der Waals surface area (Å²) >= 11 is 5.78. The maximum Gasteiger partial charge on any atom is 0.248 e. The summed E-state index contributed by atoms with van der Waals surface area (Å²) in [7, 11) is 1.56. The molecule has 108 valence electrons. The Labute approximate surface area is 128 Å². The van der Waals surface area contributed by atoms with Gasteiger partial charge in [0.05, 0.1) is 12.8 Å². The normalized spacial score (nSPS) is 10.6. The van der Waals surface area contributed by atoms with Crippen LogP contribution in [0.4, 0.5) is 11.4 Å². The molecule has 21 heavy (non-hydrogen) atoms. The molecule has 0 unspecified atom stereocenters. The third kappa shape index (κ3) is 4.26. The second kappa shape index (κ2) is 6.81. The van der Waals surface area contributed by atoms with Crippen LogP contribution >= 0.6 is 11.6 Å². The van der Waals surface area contributed by atoms with Gasteiger partial charge in [-0.05, 0) is 48.0 Å². The van der Waals surface area contributed by atoms with Crippen LogP contribution in [0.25, 0.3) is 6.08 Å². The highest BCUT2D eigenvalue weighted by Crippen LogP contribution is 2.22. The summed E-state index contributed by atoms with van der Waals surface area (Å²) in [5.41, 5.74) is 7.83. The molecule has 1 amide bonds. The first kappa shape index (κ1) is 14.9. The van der Waals surface area contributed by atoms with Gasteiger partial charge in [0, 0.05) is 16.8 Å². The number of carbonyl (C=O) groups is 1. The number of benzene rings is 2. The molecule has 0 aliphatic carbocycles. The number of hydrogen-bond acceptors (Lipinski definition) is 3. The molecule has 3 N–H and O–H groups in total. The number of nitrogens with two attached hydrogens (primary N) is 1. The Morgan fingerprint density at radius 1 is 1.24 bits per heavy atom. The average molecular weight is 303 g/mol. The van der Waals surface area contributed by atoms with Crippen LogP contribution < -0.4 is 15.8 Å². The van der Waals surface area contributed by atoms with Gasteiger partial charge in [-0.3, -0.25) is 4.79 Å². The fourth-order valence-electron chi connectivity index (χ4n) is 1.75. The molecule has 0 aromatic heterocycles. The van der Waals surface area contributed by atoms with Crippen LogP contribution in [-0.4, -0.2) is 13.0 Å². The van der Waals surface area contributed by atoms with E-state index in [0.29, 0.717) is 22.1 Å². The number of anilines is 2. The second-order valence-corrected chi connectivity index (χ2v) is 4.77. The van der Waals surface area contributed by atoms with Crippen LogP contribution in [0.1, 0.15) is 5.56 Å². The third-order valence-electron chi connectivity index (χ3n) is 2.79. The smallest absolute Gasteiger partial charge is 0.248 e. The Balaban J connectivity index is 2.01. The SMILES string of the molecule is COc1ccc(/C=C/C(=O)Nc2ccc(Cl)cc2)cc1N. The molecule has 0 aliphatic heterocycles. The van der Waals surface area contributed by atoms with Crippen molar-refractivity contribution in [1.29, 1.82) is 0 Å². The van der Waals surface area contributed by atoms with E-state index < -0.39 is 0 Å². The van der Waals surface area contributed by atoms with Crippen molar-refractivity contribution in [2.24, 2.45) is 0 Å². The zero-order chi connectivity index (χ0) is 15.2. The van der Waals surface area contributed by atoms with Crippen molar-refractivity contribution >= 4 is 35.0 Å². The summed E-state index contributed by atoms with van der Waals surface area (Å²) in [4.78, 5) is 11.8. The van der Waals surface area contributed by atoms with Crippen molar-refractivity contribution in [3.63, 3.8) is 0 Å². The Hall–Kier alpha value is -2.46. The molecule has 0 bridgehead atoms. The van der Waals surface area contributed by atoms with Crippen LogP contribution in [0.5, 0.6) is 5.75 Å². The first-order valence-electron chi connectivity index (χ1n) is 6.26. The molecule has 2 rings (SSSR count). The fraction of sp³-hybridized carbons (Fsp3) is 0.0625. The van der Waals surface area contributed by atoms with Crippen molar-refractivity contribution < 1.29 is 9.53 Å². The minimum Gasteiger partial charge on any atom is -0.495 e. The van der Waals surface area contributed by atoms with Crippen LogP contribution in [0.15, 0.2) is 48.5 Å². The number of rotatable bonds is 4. The zero-order valence-corrected chi connectivity index (χ0v) is 12.2. The topological polar surface area (TPSA) is 64.3 Å². The van der Waals surface area contributed by atoms with Gasteiger partial charge in [0.1, 0.15) is 5.75 Å². The first-order chi connectivity index (χ1) is 10.1. The van der Waals surface area contributed by atoms with Crippen molar-refractivity contribution in [2.45, 2.75) is 0 Å². The van der Waals surface area contributed by atoms with Gasteiger partial charge in [0.2, 0.25) is 5.91 Å². The quantitative estimate of drug-likeness (QED) is 0.670. The highest BCUT2D eigenvalue weighted by Gasteiger charge is 2.00. The highest BCUT2D eigenvalue weighted by atomic mass is 35.5. The standard InChI is InChI=1S/C16H15ClN2O2/c1-21-15-8-2-11(10-14(15)18)3-9-16(20)19-13-6-4-12(17)5-7-13/h2-10H,18H2,1H3,(H,19,20)/b9-3+. The lowest BCUT2D eigenvalue weighted by atomic mass is 10.1. The van der Waals surface area contributed by atoms with E-state index in [9.17, 15) is 4.79 Å². The molecular weight excluding hydrogens is 288 g/mol. The molecule has 0 aliphatic rings. The van der Waals surface area contributed by atoms with Gasteiger partial charge in [0.25, 0.3) is 0 Å². The first-order valence-corrected chi connectivity index (χ1v) is 6.64. The van der Waals surface area contributed by atoms with E-state index in [2.05, 4.69) is 5.32 Å². The maximum atomic E-state index is 11.8. The lowest BCUT2D eigenvalue weighted by Gasteiger charge is -2.04. The number of halogens is 1. The maximum absolute atomic E-state index is 11.8. The minimum absolute atomic E-state index is 0.230. The molecular formula is C16H15ClN2O2. The molecule has 0 saturated carbocycles.